The zero-order valence-corrected chi connectivity index (χ0v) is 11.2. The molecule has 1 aliphatic carbocycles. The van der Waals surface area contributed by atoms with E-state index in [4.69, 9.17) is 12.2 Å². The van der Waals surface area contributed by atoms with Crippen LogP contribution in [0.15, 0.2) is 18.2 Å². The first-order valence-electron chi connectivity index (χ1n) is 6.32. The molecule has 0 amide bonds. The maximum Gasteiger partial charge on any atom is 0.178 e. The van der Waals surface area contributed by atoms with E-state index in [0.717, 1.165) is 4.77 Å². The van der Waals surface area contributed by atoms with E-state index in [0.29, 0.717) is 0 Å². The Morgan fingerprint density at radius 1 is 1.29 bits per heavy atom. The second-order valence-corrected chi connectivity index (χ2v) is 5.88. The summed E-state index contributed by atoms with van der Waals surface area (Å²) in [6.07, 6.45) is 5.11. The lowest BCUT2D eigenvalue weighted by Gasteiger charge is -2.26. The van der Waals surface area contributed by atoms with Crippen LogP contribution < -0.4 is 0 Å². The van der Waals surface area contributed by atoms with Gasteiger partial charge in [-0.25, -0.2) is 0 Å². The number of nitrogens with zero attached hydrogens (tertiary/aromatic N) is 1. The second-order valence-electron chi connectivity index (χ2n) is 5.49. The van der Waals surface area contributed by atoms with Gasteiger partial charge in [0.05, 0.1) is 11.0 Å². The van der Waals surface area contributed by atoms with Crippen LogP contribution in [0.1, 0.15) is 38.2 Å². The van der Waals surface area contributed by atoms with Crippen molar-refractivity contribution in [2.24, 2.45) is 0 Å². The molecule has 0 radical (unpaired) electrons. The number of nitrogens with one attached hydrogen (secondary N) is 1. The van der Waals surface area contributed by atoms with Crippen LogP contribution in [-0.2, 0) is 5.54 Å². The molecule has 2 aromatic rings. The summed E-state index contributed by atoms with van der Waals surface area (Å²) in [5.41, 5.74) is 3.91. The molecule has 1 heterocycles. The van der Waals surface area contributed by atoms with Crippen LogP contribution >= 0.6 is 12.2 Å². The number of aryl methyl sites for hydroxylation is 1. The highest BCUT2D eigenvalue weighted by molar-refractivity contribution is 7.71. The third-order valence-electron chi connectivity index (χ3n) is 4.06. The summed E-state index contributed by atoms with van der Waals surface area (Å²) in [5, 5.41) is 0. The van der Waals surface area contributed by atoms with Gasteiger partial charge in [-0.15, -0.1) is 0 Å². The van der Waals surface area contributed by atoms with E-state index >= 15 is 0 Å². The Balaban J connectivity index is 2.29. The van der Waals surface area contributed by atoms with Gasteiger partial charge in [0.2, 0.25) is 0 Å². The van der Waals surface area contributed by atoms with Gasteiger partial charge in [0.15, 0.2) is 4.77 Å². The minimum atomic E-state index is 0.213. The molecule has 17 heavy (non-hydrogen) atoms. The summed E-state index contributed by atoms with van der Waals surface area (Å²) in [5.74, 6) is 0. The fraction of sp³-hybridized carbons (Fsp3) is 0.500. The number of rotatable bonds is 1. The van der Waals surface area contributed by atoms with Crippen LogP contribution in [-0.4, -0.2) is 9.55 Å². The summed E-state index contributed by atoms with van der Waals surface area (Å²) >= 11 is 5.51. The Morgan fingerprint density at radius 2 is 2.00 bits per heavy atom. The Bertz CT molecular complexity index is 615. The Morgan fingerprint density at radius 3 is 2.71 bits per heavy atom. The lowest BCUT2D eigenvalue weighted by molar-refractivity contribution is 0.335. The first-order chi connectivity index (χ1) is 8.10. The van der Waals surface area contributed by atoms with E-state index < -0.39 is 0 Å². The second kappa shape index (κ2) is 3.70. The van der Waals surface area contributed by atoms with Gasteiger partial charge < -0.3 is 9.55 Å². The molecule has 0 unspecified atom stereocenters. The normalized spacial score (nSPS) is 18.9. The van der Waals surface area contributed by atoms with Crippen LogP contribution in [0.4, 0.5) is 0 Å². The number of aromatic amines is 1. The first-order valence-corrected chi connectivity index (χ1v) is 6.73. The molecule has 3 rings (SSSR count). The van der Waals surface area contributed by atoms with Crippen molar-refractivity contribution >= 4 is 23.3 Å². The average molecular weight is 246 g/mol. The number of fused-ring (bicyclic) bond motifs is 1. The van der Waals surface area contributed by atoms with Crippen LogP contribution in [0.2, 0.25) is 0 Å². The number of aromatic nitrogens is 2. The molecule has 2 nitrogen and oxygen atoms in total. The molecular formula is C14H18N2S. The van der Waals surface area contributed by atoms with Crippen molar-refractivity contribution in [1.82, 2.24) is 9.55 Å². The van der Waals surface area contributed by atoms with Crippen LogP contribution in [0, 0.1) is 11.7 Å². The molecule has 0 spiro atoms. The average Bonchev–Trinajstić information content (AvgIpc) is 2.81. The Labute approximate surface area is 107 Å². The van der Waals surface area contributed by atoms with Crippen molar-refractivity contribution < 1.29 is 0 Å². The summed E-state index contributed by atoms with van der Waals surface area (Å²) in [7, 11) is 0. The molecule has 0 bridgehead atoms. The van der Waals surface area contributed by atoms with E-state index in [1.165, 1.54) is 42.3 Å². The highest BCUT2D eigenvalue weighted by Gasteiger charge is 2.32. The minimum Gasteiger partial charge on any atom is -0.331 e. The third kappa shape index (κ3) is 1.64. The van der Waals surface area contributed by atoms with Crippen molar-refractivity contribution in [1.29, 1.82) is 0 Å². The monoisotopic (exact) mass is 246 g/mol. The minimum absolute atomic E-state index is 0.213. The quantitative estimate of drug-likeness (QED) is 0.744. The molecule has 1 aliphatic rings. The molecule has 1 saturated carbocycles. The van der Waals surface area contributed by atoms with Crippen molar-refractivity contribution in [2.75, 3.05) is 0 Å². The van der Waals surface area contributed by atoms with Gasteiger partial charge in [-0.2, -0.15) is 0 Å². The summed E-state index contributed by atoms with van der Waals surface area (Å²) in [6, 6.07) is 6.54. The molecular weight excluding hydrogens is 228 g/mol. The Kier molecular flexibility index (Phi) is 2.40. The predicted octanol–water partition coefficient (Wildman–Crippen LogP) is 4.30. The van der Waals surface area contributed by atoms with Gasteiger partial charge >= 0.3 is 0 Å². The topological polar surface area (TPSA) is 20.7 Å². The number of hydrogen-bond acceptors (Lipinski definition) is 1. The number of H-pyrrole nitrogens is 1. The standard InChI is InChI=1S/C14H18N2S/c1-10-5-6-12-11(9-10)15-13(17)16(12)14(2)7-3-4-8-14/h5-6,9H,3-4,7-8H2,1-2H3,(H,15,17). The maximum absolute atomic E-state index is 5.51. The van der Waals surface area contributed by atoms with E-state index in [1.807, 2.05) is 0 Å². The molecule has 1 N–H and O–H groups in total. The zero-order valence-electron chi connectivity index (χ0n) is 10.4. The fourth-order valence-corrected chi connectivity index (χ4v) is 3.55. The number of benzene rings is 1. The lowest BCUT2D eigenvalue weighted by Crippen LogP contribution is -2.26. The summed E-state index contributed by atoms with van der Waals surface area (Å²) in [4.78, 5) is 3.35. The van der Waals surface area contributed by atoms with Crippen LogP contribution in [0.25, 0.3) is 11.0 Å². The predicted molar refractivity (Wildman–Crippen MR) is 74.0 cm³/mol. The van der Waals surface area contributed by atoms with Crippen molar-refractivity contribution in [3.63, 3.8) is 0 Å². The molecule has 0 aliphatic heterocycles. The third-order valence-corrected chi connectivity index (χ3v) is 4.34. The molecule has 0 saturated heterocycles. The largest absolute Gasteiger partial charge is 0.331 e. The van der Waals surface area contributed by atoms with Gasteiger partial charge in [0.1, 0.15) is 0 Å². The van der Waals surface area contributed by atoms with Crippen molar-refractivity contribution in [2.45, 2.75) is 45.1 Å². The zero-order chi connectivity index (χ0) is 12.0. The summed E-state index contributed by atoms with van der Waals surface area (Å²) in [6.45, 7) is 4.45. The van der Waals surface area contributed by atoms with E-state index in [1.54, 1.807) is 0 Å². The molecule has 1 fully saturated rings. The van der Waals surface area contributed by atoms with Crippen LogP contribution in [0.3, 0.4) is 0 Å². The number of imidazole rings is 1. The van der Waals surface area contributed by atoms with Gasteiger partial charge in [-0.05, 0) is 56.6 Å². The number of hydrogen-bond donors (Lipinski definition) is 1. The molecule has 0 atom stereocenters. The lowest BCUT2D eigenvalue weighted by atomic mass is 10.00. The highest BCUT2D eigenvalue weighted by atomic mass is 32.1. The molecule has 3 heteroatoms. The van der Waals surface area contributed by atoms with Crippen molar-refractivity contribution in [3.8, 4) is 0 Å². The molecule has 90 valence electrons. The Hall–Kier alpha value is -1.09. The fourth-order valence-electron chi connectivity index (χ4n) is 3.12. The highest BCUT2D eigenvalue weighted by Crippen LogP contribution is 2.38. The van der Waals surface area contributed by atoms with Crippen LogP contribution in [0.5, 0.6) is 0 Å². The molecule has 1 aromatic heterocycles. The maximum atomic E-state index is 5.51. The van der Waals surface area contributed by atoms with E-state index in [9.17, 15) is 0 Å². The van der Waals surface area contributed by atoms with Crippen molar-refractivity contribution in [3.05, 3.63) is 28.5 Å². The van der Waals surface area contributed by atoms with Gasteiger partial charge in [0.25, 0.3) is 0 Å². The van der Waals surface area contributed by atoms with E-state index in [-0.39, 0.29) is 5.54 Å². The van der Waals surface area contributed by atoms with Gasteiger partial charge in [-0.3, -0.25) is 0 Å². The molecule has 1 aromatic carbocycles. The van der Waals surface area contributed by atoms with E-state index in [2.05, 4.69) is 41.6 Å². The SMILES string of the molecule is Cc1ccc2c(c1)[nH]c(=S)n2C1(C)CCCC1. The first kappa shape index (κ1) is 11.0. The summed E-state index contributed by atoms with van der Waals surface area (Å²) < 4.78 is 3.21. The van der Waals surface area contributed by atoms with Gasteiger partial charge in [-0.1, -0.05) is 18.9 Å². The smallest absolute Gasteiger partial charge is 0.178 e. The van der Waals surface area contributed by atoms with Gasteiger partial charge in [0, 0.05) is 5.54 Å².